The minimum absolute atomic E-state index is 0.0317. The maximum absolute atomic E-state index is 11.0. The second-order valence-corrected chi connectivity index (χ2v) is 4.18. The highest BCUT2D eigenvalue weighted by Crippen LogP contribution is 2.33. The molecule has 102 valence electrons. The predicted octanol–water partition coefficient (Wildman–Crippen LogP) is 1.91. The zero-order valence-electron chi connectivity index (χ0n) is 10.3. The van der Waals surface area contributed by atoms with Gasteiger partial charge in [0, 0.05) is 5.56 Å². The molecule has 6 heteroatoms. The summed E-state index contributed by atoms with van der Waals surface area (Å²) in [5, 5.41) is 17.9. The van der Waals surface area contributed by atoms with E-state index in [1.165, 1.54) is 24.3 Å². The molecule has 0 fully saturated rings. The maximum atomic E-state index is 11.0. The maximum Gasteiger partial charge on any atom is 0.337 e. The summed E-state index contributed by atoms with van der Waals surface area (Å²) in [4.78, 5) is 21.9. The number of carbonyl (C=O) groups is 2. The first kappa shape index (κ1) is 13.4. The van der Waals surface area contributed by atoms with Crippen LogP contribution in [0.5, 0.6) is 0 Å². The summed E-state index contributed by atoms with van der Waals surface area (Å²) < 4.78 is 0. The van der Waals surface area contributed by atoms with E-state index >= 15 is 0 Å². The predicted molar refractivity (Wildman–Crippen MR) is 74.6 cm³/mol. The van der Waals surface area contributed by atoms with Gasteiger partial charge in [-0.2, -0.15) is 0 Å². The van der Waals surface area contributed by atoms with Crippen LogP contribution in [0.15, 0.2) is 36.4 Å². The summed E-state index contributed by atoms with van der Waals surface area (Å²) in [6.45, 7) is 0. The lowest BCUT2D eigenvalue weighted by Gasteiger charge is -2.11. The van der Waals surface area contributed by atoms with Gasteiger partial charge in [-0.05, 0) is 23.8 Å². The van der Waals surface area contributed by atoms with Gasteiger partial charge in [0.25, 0.3) is 0 Å². The molecule has 0 amide bonds. The highest BCUT2D eigenvalue weighted by molar-refractivity contribution is 6.01. The number of hydrogen-bond donors (Lipinski definition) is 4. The number of aromatic carboxylic acids is 2. The van der Waals surface area contributed by atoms with Gasteiger partial charge in [-0.3, -0.25) is 0 Å². The number of anilines is 2. The number of nitrogens with two attached hydrogens (primary N) is 2. The standard InChI is InChI=1S/C14H12N2O4/c15-11-9(4-5-10(12(11)16)14(19)20)7-2-1-3-8(6-7)13(17)18/h1-6H,15-16H2,(H,17,18)(H,19,20). The Morgan fingerprint density at radius 2 is 1.60 bits per heavy atom. The molecule has 0 heterocycles. The lowest BCUT2D eigenvalue weighted by atomic mass is 9.98. The van der Waals surface area contributed by atoms with Crippen molar-refractivity contribution >= 4 is 23.3 Å². The molecule has 0 spiro atoms. The lowest BCUT2D eigenvalue weighted by Crippen LogP contribution is -2.06. The van der Waals surface area contributed by atoms with Crippen molar-refractivity contribution in [3.05, 3.63) is 47.5 Å². The fourth-order valence-corrected chi connectivity index (χ4v) is 1.89. The van der Waals surface area contributed by atoms with Crippen LogP contribution in [0.2, 0.25) is 0 Å². The summed E-state index contributed by atoms with van der Waals surface area (Å²) in [7, 11) is 0. The topological polar surface area (TPSA) is 127 Å². The smallest absolute Gasteiger partial charge is 0.337 e. The molecule has 0 radical (unpaired) electrons. The number of carboxylic acids is 2. The fraction of sp³-hybridized carbons (Fsp3) is 0. The Morgan fingerprint density at radius 3 is 2.20 bits per heavy atom. The van der Waals surface area contributed by atoms with E-state index in [0.29, 0.717) is 11.1 Å². The van der Waals surface area contributed by atoms with Gasteiger partial charge in [0.1, 0.15) is 0 Å². The monoisotopic (exact) mass is 272 g/mol. The third kappa shape index (κ3) is 2.26. The van der Waals surface area contributed by atoms with E-state index in [2.05, 4.69) is 0 Å². The van der Waals surface area contributed by atoms with Gasteiger partial charge in [0.05, 0.1) is 22.5 Å². The minimum atomic E-state index is -1.17. The molecule has 0 unspecified atom stereocenters. The van der Waals surface area contributed by atoms with E-state index < -0.39 is 11.9 Å². The van der Waals surface area contributed by atoms with E-state index in [1.807, 2.05) is 0 Å². The van der Waals surface area contributed by atoms with Gasteiger partial charge in [-0.15, -0.1) is 0 Å². The summed E-state index contributed by atoms with van der Waals surface area (Å²) in [5.74, 6) is -2.22. The Balaban J connectivity index is 2.59. The van der Waals surface area contributed by atoms with Gasteiger partial charge in [-0.25, -0.2) is 9.59 Å². The SMILES string of the molecule is Nc1c(C(=O)O)ccc(-c2cccc(C(=O)O)c2)c1N. The molecule has 0 aliphatic rings. The van der Waals surface area contributed by atoms with Crippen LogP contribution in [0, 0.1) is 0 Å². The molecule has 0 aliphatic heterocycles. The minimum Gasteiger partial charge on any atom is -0.478 e. The van der Waals surface area contributed by atoms with Crippen molar-refractivity contribution < 1.29 is 19.8 Å². The Labute approximate surface area is 114 Å². The first-order valence-electron chi connectivity index (χ1n) is 5.66. The van der Waals surface area contributed by atoms with Gasteiger partial charge >= 0.3 is 11.9 Å². The summed E-state index contributed by atoms with van der Waals surface area (Å²) >= 11 is 0. The van der Waals surface area contributed by atoms with Crippen molar-refractivity contribution in [3.8, 4) is 11.1 Å². The molecule has 0 saturated heterocycles. The molecule has 6 nitrogen and oxygen atoms in total. The lowest BCUT2D eigenvalue weighted by molar-refractivity contribution is 0.0686. The second-order valence-electron chi connectivity index (χ2n) is 4.18. The van der Waals surface area contributed by atoms with Gasteiger partial charge in [-0.1, -0.05) is 18.2 Å². The van der Waals surface area contributed by atoms with E-state index in [1.54, 1.807) is 12.1 Å². The average molecular weight is 272 g/mol. The van der Waals surface area contributed by atoms with Crippen molar-refractivity contribution in [1.29, 1.82) is 0 Å². The van der Waals surface area contributed by atoms with E-state index in [4.69, 9.17) is 21.7 Å². The number of nitrogen functional groups attached to an aromatic ring is 2. The molecule has 0 saturated carbocycles. The molecule has 2 aromatic rings. The van der Waals surface area contributed by atoms with Crippen LogP contribution in [-0.2, 0) is 0 Å². The summed E-state index contributed by atoms with van der Waals surface area (Å²) in [6.07, 6.45) is 0. The van der Waals surface area contributed by atoms with Crippen LogP contribution in [0.4, 0.5) is 11.4 Å². The van der Waals surface area contributed by atoms with Crippen LogP contribution in [0.3, 0.4) is 0 Å². The first-order valence-corrected chi connectivity index (χ1v) is 5.66. The Kier molecular flexibility index (Phi) is 3.30. The van der Waals surface area contributed by atoms with Crippen molar-refractivity contribution in [1.82, 2.24) is 0 Å². The van der Waals surface area contributed by atoms with Crippen LogP contribution in [0.1, 0.15) is 20.7 Å². The summed E-state index contributed by atoms with van der Waals surface area (Å²) in [5.41, 5.74) is 12.7. The zero-order chi connectivity index (χ0) is 14.9. The number of hydrogen-bond acceptors (Lipinski definition) is 4. The van der Waals surface area contributed by atoms with E-state index in [-0.39, 0.29) is 22.5 Å². The Hall–Kier alpha value is -3.02. The van der Waals surface area contributed by atoms with Crippen LogP contribution < -0.4 is 11.5 Å². The number of benzene rings is 2. The van der Waals surface area contributed by atoms with Crippen LogP contribution >= 0.6 is 0 Å². The first-order chi connectivity index (χ1) is 9.41. The van der Waals surface area contributed by atoms with E-state index in [9.17, 15) is 9.59 Å². The number of rotatable bonds is 3. The number of carboxylic acid groups (broad SMARTS) is 2. The van der Waals surface area contributed by atoms with Crippen molar-refractivity contribution in [3.63, 3.8) is 0 Å². The molecule has 0 aliphatic carbocycles. The molecular weight excluding hydrogens is 260 g/mol. The van der Waals surface area contributed by atoms with Gasteiger partial charge < -0.3 is 21.7 Å². The van der Waals surface area contributed by atoms with Crippen molar-refractivity contribution in [2.24, 2.45) is 0 Å². The quantitative estimate of drug-likeness (QED) is 0.632. The molecule has 0 atom stereocenters. The van der Waals surface area contributed by atoms with Gasteiger partial charge in [0.15, 0.2) is 0 Å². The van der Waals surface area contributed by atoms with Crippen LogP contribution in [-0.4, -0.2) is 22.2 Å². The highest BCUT2D eigenvalue weighted by Gasteiger charge is 2.15. The molecular formula is C14H12N2O4. The molecule has 2 aromatic carbocycles. The van der Waals surface area contributed by atoms with Crippen LogP contribution in [0.25, 0.3) is 11.1 Å². The average Bonchev–Trinajstić information content (AvgIpc) is 2.41. The second kappa shape index (κ2) is 4.93. The zero-order valence-corrected chi connectivity index (χ0v) is 10.3. The van der Waals surface area contributed by atoms with E-state index in [0.717, 1.165) is 0 Å². The summed E-state index contributed by atoms with van der Waals surface area (Å²) in [6, 6.07) is 9.02. The molecule has 20 heavy (non-hydrogen) atoms. The van der Waals surface area contributed by atoms with Crippen molar-refractivity contribution in [2.45, 2.75) is 0 Å². The molecule has 2 rings (SSSR count). The fourth-order valence-electron chi connectivity index (χ4n) is 1.89. The Bertz CT molecular complexity index is 710. The molecule has 6 N–H and O–H groups in total. The van der Waals surface area contributed by atoms with Gasteiger partial charge in [0.2, 0.25) is 0 Å². The molecule has 0 aromatic heterocycles. The highest BCUT2D eigenvalue weighted by atomic mass is 16.4. The Morgan fingerprint density at radius 1 is 0.900 bits per heavy atom. The molecule has 0 bridgehead atoms. The normalized spacial score (nSPS) is 10.2. The third-order valence-corrected chi connectivity index (χ3v) is 2.94. The van der Waals surface area contributed by atoms with Crippen molar-refractivity contribution in [2.75, 3.05) is 11.5 Å². The third-order valence-electron chi connectivity index (χ3n) is 2.94. The largest absolute Gasteiger partial charge is 0.478 e.